The molecule has 2 aliphatic heterocycles. The summed E-state index contributed by atoms with van der Waals surface area (Å²) in [6.45, 7) is 5.27. The molecule has 0 radical (unpaired) electrons. The van der Waals surface area contributed by atoms with Crippen molar-refractivity contribution in [1.82, 2.24) is 24.6 Å². The Morgan fingerprint density at radius 3 is 2.47 bits per heavy atom. The molecule has 190 valence electrons. The van der Waals surface area contributed by atoms with Gasteiger partial charge in [0.15, 0.2) is 0 Å². The van der Waals surface area contributed by atoms with E-state index in [-0.39, 0.29) is 5.56 Å². The van der Waals surface area contributed by atoms with Gasteiger partial charge in [-0.2, -0.15) is 5.10 Å². The van der Waals surface area contributed by atoms with Gasteiger partial charge >= 0.3 is 0 Å². The van der Waals surface area contributed by atoms with E-state index in [1.165, 1.54) is 33.2 Å². The summed E-state index contributed by atoms with van der Waals surface area (Å²) in [5, 5.41) is 16.5. The van der Waals surface area contributed by atoms with Crippen molar-refractivity contribution < 1.29 is 18.7 Å². The van der Waals surface area contributed by atoms with Crippen molar-refractivity contribution in [3.63, 3.8) is 0 Å². The van der Waals surface area contributed by atoms with Crippen molar-refractivity contribution in [3.05, 3.63) is 71.8 Å². The lowest BCUT2D eigenvalue weighted by atomic mass is 9.96. The number of anilines is 2. The highest BCUT2D eigenvalue weighted by atomic mass is 19.1. The summed E-state index contributed by atoms with van der Waals surface area (Å²) in [5.74, 6) is -4.51. The standard InChI is InChI=1S/C25H29F2N7O2/c1-4-23(33-16-28-15-29-33)34-24(35)19-7-6-18(32-11-9-30(2)10-12-32)14-22(19)31(3)25(34,36)20-8-5-17(26)13-21(20)27/h5-8,13-16,23,36H,4,9-12H2,1-3H3. The topological polar surface area (TPSA) is 81.0 Å². The van der Waals surface area contributed by atoms with Crippen LogP contribution in [0.2, 0.25) is 0 Å². The van der Waals surface area contributed by atoms with Crippen molar-refractivity contribution in [2.45, 2.75) is 25.4 Å². The van der Waals surface area contributed by atoms with Crippen LogP contribution in [0.4, 0.5) is 20.2 Å². The quantitative estimate of drug-likeness (QED) is 0.581. The van der Waals surface area contributed by atoms with Gasteiger partial charge in [-0.15, -0.1) is 0 Å². The number of likely N-dealkylation sites (N-methyl/N-ethyl adjacent to an activating group) is 1. The molecule has 11 heteroatoms. The second-order valence-electron chi connectivity index (χ2n) is 9.25. The molecule has 1 aromatic heterocycles. The normalized spacial score (nSPS) is 21.6. The molecule has 0 aliphatic carbocycles. The molecule has 0 bridgehead atoms. The summed E-state index contributed by atoms with van der Waals surface area (Å²) in [6, 6.07) is 8.43. The first-order valence-electron chi connectivity index (χ1n) is 11.9. The van der Waals surface area contributed by atoms with Crippen LogP contribution in [0.5, 0.6) is 0 Å². The number of aliphatic hydroxyl groups is 1. The SMILES string of the molecule is CCC(N1C(=O)c2ccc(N3CCN(C)CC3)cc2N(C)C1(O)c1ccc(F)cc1F)n1cncn1. The molecular formula is C25H29F2N7O2. The van der Waals surface area contributed by atoms with Gasteiger partial charge in [0.25, 0.3) is 11.8 Å². The van der Waals surface area contributed by atoms with Crippen LogP contribution in [-0.2, 0) is 5.85 Å². The Hall–Kier alpha value is -3.57. The largest absolute Gasteiger partial charge is 0.369 e. The summed E-state index contributed by atoms with van der Waals surface area (Å²) in [5.41, 5.74) is 1.47. The minimum Gasteiger partial charge on any atom is -0.369 e. The van der Waals surface area contributed by atoms with E-state index in [2.05, 4.69) is 26.9 Å². The average Bonchev–Trinajstić information content (AvgIpc) is 3.40. The zero-order valence-corrected chi connectivity index (χ0v) is 20.5. The molecule has 2 aliphatic rings. The van der Waals surface area contributed by atoms with Crippen LogP contribution < -0.4 is 9.80 Å². The maximum Gasteiger partial charge on any atom is 0.261 e. The number of rotatable bonds is 5. The maximum absolute atomic E-state index is 15.2. The van der Waals surface area contributed by atoms with Gasteiger partial charge in [0, 0.05) is 45.0 Å². The maximum atomic E-state index is 15.2. The van der Waals surface area contributed by atoms with E-state index in [9.17, 15) is 14.3 Å². The number of fused-ring (bicyclic) bond motifs is 1. The van der Waals surface area contributed by atoms with Gasteiger partial charge in [0.2, 0.25) is 0 Å². The van der Waals surface area contributed by atoms with E-state index < -0.39 is 29.6 Å². The van der Waals surface area contributed by atoms with Crippen molar-refractivity contribution >= 4 is 17.3 Å². The van der Waals surface area contributed by atoms with Gasteiger partial charge in [-0.05, 0) is 43.8 Å². The molecule has 5 rings (SSSR count). The van der Waals surface area contributed by atoms with Crippen molar-refractivity contribution in [2.75, 3.05) is 50.1 Å². The molecule has 36 heavy (non-hydrogen) atoms. The van der Waals surface area contributed by atoms with Gasteiger partial charge in [-0.1, -0.05) is 6.92 Å². The number of nitrogens with zero attached hydrogens (tertiary/aromatic N) is 7. The van der Waals surface area contributed by atoms with E-state index in [1.807, 2.05) is 19.1 Å². The third-order valence-electron chi connectivity index (χ3n) is 7.16. The molecule has 3 aromatic rings. The highest BCUT2D eigenvalue weighted by molar-refractivity contribution is 6.03. The Morgan fingerprint density at radius 2 is 1.83 bits per heavy atom. The Bertz CT molecular complexity index is 1260. The average molecular weight is 498 g/mol. The Balaban J connectivity index is 1.67. The van der Waals surface area contributed by atoms with Crippen molar-refractivity contribution in [3.8, 4) is 0 Å². The van der Waals surface area contributed by atoms with E-state index in [0.717, 1.165) is 37.9 Å². The Morgan fingerprint density at radius 1 is 1.08 bits per heavy atom. The lowest BCUT2D eigenvalue weighted by Crippen LogP contribution is -2.64. The molecule has 9 nitrogen and oxygen atoms in total. The molecule has 1 amide bonds. The summed E-state index contributed by atoms with van der Waals surface area (Å²) in [4.78, 5) is 25.1. The molecule has 1 fully saturated rings. The lowest BCUT2D eigenvalue weighted by Gasteiger charge is -2.52. The smallest absolute Gasteiger partial charge is 0.261 e. The minimum absolute atomic E-state index is 0.242. The fraction of sp³-hybridized carbons (Fsp3) is 0.400. The number of piperazine rings is 1. The van der Waals surface area contributed by atoms with E-state index in [0.29, 0.717) is 23.7 Å². The van der Waals surface area contributed by atoms with E-state index in [4.69, 9.17) is 0 Å². The van der Waals surface area contributed by atoms with Crippen molar-refractivity contribution in [2.24, 2.45) is 0 Å². The number of hydrogen-bond acceptors (Lipinski definition) is 7. The second kappa shape index (κ2) is 9.14. The minimum atomic E-state index is -2.27. The van der Waals surface area contributed by atoms with Gasteiger partial charge in [-0.3, -0.25) is 9.69 Å². The zero-order chi connectivity index (χ0) is 25.6. The fourth-order valence-electron chi connectivity index (χ4n) is 5.11. The summed E-state index contributed by atoms with van der Waals surface area (Å²) >= 11 is 0. The molecule has 2 atom stereocenters. The highest BCUT2D eigenvalue weighted by Crippen LogP contribution is 2.46. The van der Waals surface area contributed by atoms with Crippen LogP contribution in [0, 0.1) is 11.6 Å². The van der Waals surface area contributed by atoms with Crippen LogP contribution in [-0.4, -0.2) is 75.9 Å². The highest BCUT2D eigenvalue weighted by Gasteiger charge is 2.53. The predicted octanol–water partition coefficient (Wildman–Crippen LogP) is 2.61. The molecular weight excluding hydrogens is 468 g/mol. The molecule has 1 saturated heterocycles. The molecule has 2 unspecified atom stereocenters. The number of halogens is 2. The Kier molecular flexibility index (Phi) is 6.13. The summed E-state index contributed by atoms with van der Waals surface area (Å²) < 4.78 is 30.5. The lowest BCUT2D eigenvalue weighted by molar-refractivity contribution is -0.132. The van der Waals surface area contributed by atoms with Crippen molar-refractivity contribution in [1.29, 1.82) is 0 Å². The number of aromatic nitrogens is 3. The van der Waals surface area contributed by atoms with Crippen LogP contribution in [0.1, 0.15) is 35.4 Å². The Labute approximate surface area is 208 Å². The van der Waals surface area contributed by atoms with E-state index >= 15 is 4.39 Å². The fourth-order valence-corrected chi connectivity index (χ4v) is 5.11. The van der Waals surface area contributed by atoms with Gasteiger partial charge in [0.05, 0.1) is 16.8 Å². The predicted molar refractivity (Wildman–Crippen MR) is 130 cm³/mol. The number of amides is 1. The molecule has 0 spiro atoms. The number of hydrogen-bond donors (Lipinski definition) is 1. The number of carbonyl (C=O) groups excluding carboxylic acids is 1. The first-order valence-corrected chi connectivity index (χ1v) is 11.9. The monoisotopic (exact) mass is 497 g/mol. The first kappa shape index (κ1) is 24.1. The molecule has 2 aromatic carbocycles. The molecule has 3 heterocycles. The summed E-state index contributed by atoms with van der Waals surface area (Å²) in [6.07, 6.45) is 2.33. The molecule has 0 saturated carbocycles. The third kappa shape index (κ3) is 3.79. The number of carbonyl (C=O) groups is 1. The van der Waals surface area contributed by atoms with Gasteiger partial charge in [-0.25, -0.2) is 18.4 Å². The van der Waals surface area contributed by atoms with Crippen LogP contribution in [0.15, 0.2) is 49.1 Å². The van der Waals surface area contributed by atoms with Gasteiger partial charge < -0.3 is 19.8 Å². The summed E-state index contributed by atoms with van der Waals surface area (Å²) in [7, 11) is 3.67. The first-order chi connectivity index (χ1) is 17.3. The van der Waals surface area contributed by atoms with Gasteiger partial charge in [0.1, 0.15) is 30.5 Å². The third-order valence-corrected chi connectivity index (χ3v) is 7.16. The molecule has 1 N–H and O–H groups in total. The van der Waals surface area contributed by atoms with E-state index in [1.54, 1.807) is 13.1 Å². The zero-order valence-electron chi connectivity index (χ0n) is 20.5. The number of benzene rings is 2. The van der Waals surface area contributed by atoms with Crippen LogP contribution >= 0.6 is 0 Å². The van der Waals surface area contributed by atoms with Crippen LogP contribution in [0.3, 0.4) is 0 Å². The van der Waals surface area contributed by atoms with Crippen LogP contribution in [0.25, 0.3) is 0 Å². The second-order valence-corrected chi connectivity index (χ2v) is 9.25.